The fourth-order valence-electron chi connectivity index (χ4n) is 7.30. The molecular weight excluding hydrogens is 883 g/mol. The third kappa shape index (κ3) is 11.3. The molecule has 9 rings (SSSR count). The highest BCUT2D eigenvalue weighted by atomic mass is 19.4. The van der Waals surface area contributed by atoms with Gasteiger partial charge < -0.3 is 30.3 Å². The van der Waals surface area contributed by atoms with E-state index in [1.165, 1.54) is 0 Å². The van der Waals surface area contributed by atoms with E-state index in [4.69, 9.17) is 14.6 Å². The fraction of sp³-hybridized carbons (Fsp3) is 0.229. The molecule has 4 aromatic carbocycles. The Bertz CT molecular complexity index is 2970. The summed E-state index contributed by atoms with van der Waals surface area (Å²) in [6, 6.07) is 32.1. The number of carbonyl (C=O) groups excluding carboxylic acids is 1. The van der Waals surface area contributed by atoms with Crippen molar-refractivity contribution in [3.05, 3.63) is 144 Å². The number of halogens is 6. The highest BCUT2D eigenvalue weighted by molar-refractivity contribution is 5.80. The second-order valence-electron chi connectivity index (χ2n) is 15.4. The van der Waals surface area contributed by atoms with Gasteiger partial charge in [-0.2, -0.15) is 36.5 Å². The molecule has 0 spiro atoms. The Hall–Kier alpha value is -7.19. The van der Waals surface area contributed by atoms with Gasteiger partial charge in [-0.15, -0.1) is 0 Å². The molecule has 0 bridgehead atoms. The quantitative estimate of drug-likeness (QED) is 0.0608. The van der Waals surface area contributed by atoms with Crippen LogP contribution in [0, 0.1) is 0 Å². The van der Waals surface area contributed by atoms with Crippen LogP contribution in [0.1, 0.15) is 46.2 Å². The number of imidazole rings is 2. The van der Waals surface area contributed by atoms with Crippen LogP contribution in [0.15, 0.2) is 122 Å². The van der Waals surface area contributed by atoms with Crippen molar-refractivity contribution in [2.24, 2.45) is 0 Å². The maximum atomic E-state index is 12.8. The number of anilines is 2. The molecule has 0 atom stereocenters. The normalized spacial score (nSPS) is 13.2. The van der Waals surface area contributed by atoms with Crippen LogP contribution in [0.4, 0.5) is 37.7 Å². The van der Waals surface area contributed by atoms with E-state index in [9.17, 15) is 41.4 Å². The molecule has 4 N–H and O–H groups in total. The lowest BCUT2D eigenvalue weighted by molar-refractivity contribution is -0.132. The van der Waals surface area contributed by atoms with Gasteiger partial charge >= 0.3 is 12.4 Å². The number of hydrogen-bond acceptors (Lipinski definition) is 11. The summed E-state index contributed by atoms with van der Waals surface area (Å²) < 4.78 is 90.5. The summed E-state index contributed by atoms with van der Waals surface area (Å²) in [5, 5.41) is 34.1. The van der Waals surface area contributed by atoms with Crippen LogP contribution in [0.5, 0.6) is 0 Å². The van der Waals surface area contributed by atoms with Gasteiger partial charge in [-0.05, 0) is 35.4 Å². The van der Waals surface area contributed by atoms with Crippen LogP contribution in [0.25, 0.3) is 56.3 Å². The number of aromatic nitrogens is 6. The molecular formula is C48H42F6N8O5. The summed E-state index contributed by atoms with van der Waals surface area (Å²) in [6.07, 6.45) is -6.94. The number of benzene rings is 4. The summed E-state index contributed by atoms with van der Waals surface area (Å²) in [4.78, 5) is 19.8. The van der Waals surface area contributed by atoms with Crippen molar-refractivity contribution in [2.75, 3.05) is 36.9 Å². The Kier molecular flexibility index (Phi) is 13.9. The van der Waals surface area contributed by atoms with Gasteiger partial charge in [-0.25, -0.2) is 19.0 Å². The molecule has 0 unspecified atom stereocenters. The first kappa shape index (κ1) is 46.3. The maximum Gasteiger partial charge on any atom is 0.390 e. The molecule has 0 amide bonds. The molecule has 0 aliphatic carbocycles. The van der Waals surface area contributed by atoms with Crippen LogP contribution >= 0.6 is 0 Å². The van der Waals surface area contributed by atoms with E-state index in [2.05, 4.69) is 25.7 Å². The molecule has 0 saturated carbocycles. The van der Waals surface area contributed by atoms with Gasteiger partial charge in [-0.3, -0.25) is 4.79 Å². The minimum atomic E-state index is -4.28. The number of aldehydes is 1. The van der Waals surface area contributed by atoms with Crippen molar-refractivity contribution in [3.63, 3.8) is 0 Å². The highest BCUT2D eigenvalue weighted by Gasteiger charge is 2.28. The number of ether oxygens (including phenoxy) is 2. The Morgan fingerprint density at radius 3 is 1.48 bits per heavy atom. The van der Waals surface area contributed by atoms with E-state index in [1.54, 1.807) is 94.2 Å². The first-order valence-corrected chi connectivity index (χ1v) is 21.0. The van der Waals surface area contributed by atoms with Crippen LogP contribution in [0.2, 0.25) is 0 Å². The topological polar surface area (TPSA) is 160 Å². The van der Waals surface area contributed by atoms with Crippen molar-refractivity contribution in [3.8, 4) is 45.0 Å². The zero-order chi connectivity index (χ0) is 47.1. The molecule has 13 nitrogen and oxygen atoms in total. The number of nitrogens with zero attached hydrogens (tertiary/aromatic N) is 6. The number of carbonyl (C=O) groups is 1. The Labute approximate surface area is 378 Å². The minimum Gasteiger partial charge on any atom is -0.392 e. The van der Waals surface area contributed by atoms with E-state index < -0.39 is 25.2 Å². The molecule has 5 heterocycles. The third-order valence-corrected chi connectivity index (χ3v) is 10.6. The van der Waals surface area contributed by atoms with Crippen molar-refractivity contribution < 1.29 is 50.8 Å². The van der Waals surface area contributed by atoms with Gasteiger partial charge in [0.1, 0.15) is 6.29 Å². The predicted molar refractivity (Wildman–Crippen MR) is 238 cm³/mol. The first-order valence-electron chi connectivity index (χ1n) is 21.0. The molecule has 67 heavy (non-hydrogen) atoms. The molecule has 4 aromatic heterocycles. The molecule has 19 heteroatoms. The SMILES string of the molecule is O=Cc1ccc(-c2cnc3c(NCCC(F)(F)F)cc(-c4cccc(CO)c4)nn23)cc1.OCc1cccc(-c2cc(NCCC(F)(F)F)c3ncc(-c4ccc(C5OCCO5)cc4)n3n2)c1. The zero-order valence-electron chi connectivity index (χ0n) is 35.4. The third-order valence-electron chi connectivity index (χ3n) is 10.6. The minimum absolute atomic E-state index is 0.135. The van der Waals surface area contributed by atoms with E-state index in [0.29, 0.717) is 80.9 Å². The summed E-state index contributed by atoms with van der Waals surface area (Å²) in [5.74, 6) is 0. The van der Waals surface area contributed by atoms with E-state index >= 15 is 0 Å². The number of aliphatic hydroxyl groups excluding tert-OH is 2. The van der Waals surface area contributed by atoms with Gasteiger partial charge in [0.25, 0.3) is 0 Å². The zero-order valence-corrected chi connectivity index (χ0v) is 35.4. The lowest BCUT2D eigenvalue weighted by atomic mass is 10.1. The van der Waals surface area contributed by atoms with Crippen molar-refractivity contribution in [2.45, 2.75) is 44.7 Å². The largest absolute Gasteiger partial charge is 0.392 e. The predicted octanol–water partition coefficient (Wildman–Crippen LogP) is 9.70. The Balaban J connectivity index is 0.000000182. The molecule has 0 radical (unpaired) electrons. The summed E-state index contributed by atoms with van der Waals surface area (Å²) in [6.45, 7) is 0.213. The Morgan fingerprint density at radius 2 is 1.06 bits per heavy atom. The van der Waals surface area contributed by atoms with Crippen molar-refractivity contribution >= 4 is 29.0 Å². The number of fused-ring (bicyclic) bond motifs is 2. The maximum absolute atomic E-state index is 12.8. The van der Waals surface area contributed by atoms with Crippen LogP contribution in [-0.4, -0.2) is 84.4 Å². The van der Waals surface area contributed by atoms with Gasteiger partial charge in [0.05, 0.1) is 85.8 Å². The first-order chi connectivity index (χ1) is 32.3. The van der Waals surface area contributed by atoms with Gasteiger partial charge in [0.2, 0.25) is 0 Å². The summed E-state index contributed by atoms with van der Waals surface area (Å²) in [7, 11) is 0. The van der Waals surface area contributed by atoms with Crippen LogP contribution < -0.4 is 10.6 Å². The van der Waals surface area contributed by atoms with Crippen LogP contribution in [0.3, 0.4) is 0 Å². The monoisotopic (exact) mass is 924 g/mol. The lowest BCUT2D eigenvalue weighted by Crippen LogP contribution is -2.15. The standard InChI is InChI=1S/C25H23F3N4O3.C23H19F3N4O2/c26-25(27,28)8-9-29-21-13-20(19-3-1-2-16(12-19)15-33)31-32-22(14-30-23(21)32)17-4-6-18(7-5-17)24-34-10-11-35-24;24-23(25,26)8-9-27-20-11-19(18-3-1-2-16(10-18)14-32)29-30-21(12-28-22(20)30)17-6-4-15(13-31)5-7-17/h1-7,12-14,24,29,33H,8-11,15H2;1-7,10-13,27,32H,8-9,14H2. The van der Waals surface area contributed by atoms with Crippen molar-refractivity contribution in [1.29, 1.82) is 0 Å². The average Bonchev–Trinajstić information content (AvgIpc) is 4.13. The second kappa shape index (κ2) is 20.1. The molecule has 1 aliphatic rings. The summed E-state index contributed by atoms with van der Waals surface area (Å²) >= 11 is 0. The molecule has 1 aliphatic heterocycles. The highest BCUT2D eigenvalue weighted by Crippen LogP contribution is 2.33. The van der Waals surface area contributed by atoms with Crippen LogP contribution in [-0.2, 0) is 22.7 Å². The summed E-state index contributed by atoms with van der Waals surface area (Å²) in [5.41, 5.74) is 9.78. The van der Waals surface area contributed by atoms with Gasteiger partial charge in [-0.1, -0.05) is 84.9 Å². The molecule has 8 aromatic rings. The van der Waals surface area contributed by atoms with Gasteiger partial charge in [0.15, 0.2) is 17.6 Å². The van der Waals surface area contributed by atoms with E-state index in [0.717, 1.165) is 28.5 Å². The number of aliphatic hydroxyl groups is 2. The van der Waals surface area contributed by atoms with E-state index in [-0.39, 0.29) is 32.6 Å². The lowest BCUT2D eigenvalue weighted by Gasteiger charge is -2.13. The average molecular weight is 925 g/mol. The Morgan fingerprint density at radius 1 is 0.612 bits per heavy atom. The fourth-order valence-corrected chi connectivity index (χ4v) is 7.30. The number of alkyl halides is 6. The molecule has 1 fully saturated rings. The van der Waals surface area contributed by atoms with Crippen molar-refractivity contribution in [1.82, 2.24) is 29.2 Å². The van der Waals surface area contributed by atoms with Gasteiger partial charge in [0, 0.05) is 46.5 Å². The smallest absolute Gasteiger partial charge is 0.390 e. The molecule has 1 saturated heterocycles. The number of nitrogens with one attached hydrogen (secondary N) is 2. The number of hydrogen-bond donors (Lipinski definition) is 4. The number of rotatable bonds is 14. The second-order valence-corrected chi connectivity index (χ2v) is 15.4. The molecule has 346 valence electrons. The van der Waals surface area contributed by atoms with E-state index in [1.807, 2.05) is 36.4 Å².